The van der Waals surface area contributed by atoms with E-state index in [1.165, 1.54) is 5.38 Å². The van der Waals surface area contributed by atoms with E-state index in [-0.39, 0.29) is 29.3 Å². The van der Waals surface area contributed by atoms with E-state index in [1.54, 1.807) is 19.3 Å². The summed E-state index contributed by atoms with van der Waals surface area (Å²) in [6, 6.07) is -0.222. The number of amides is 1. The van der Waals surface area contributed by atoms with Crippen LogP contribution in [0.3, 0.4) is 0 Å². The number of aromatic amines is 1. The lowest BCUT2D eigenvalue weighted by atomic mass is 10.2. The molecule has 0 aliphatic carbocycles. The van der Waals surface area contributed by atoms with Crippen LogP contribution in [0.4, 0.5) is 0 Å². The van der Waals surface area contributed by atoms with Gasteiger partial charge in [0, 0.05) is 17.8 Å². The molecule has 0 fully saturated rings. The molecule has 112 valence electrons. The van der Waals surface area contributed by atoms with Crippen LogP contribution in [0.2, 0.25) is 0 Å². The van der Waals surface area contributed by atoms with E-state index in [1.807, 2.05) is 6.92 Å². The Kier molecular flexibility index (Phi) is 5.04. The zero-order valence-corrected chi connectivity index (χ0v) is 12.6. The lowest BCUT2D eigenvalue weighted by Crippen LogP contribution is -2.29. The quantitative estimate of drug-likeness (QED) is 0.795. The molecule has 1 unspecified atom stereocenters. The molecule has 0 aliphatic heterocycles. The van der Waals surface area contributed by atoms with Crippen molar-refractivity contribution in [2.24, 2.45) is 0 Å². The summed E-state index contributed by atoms with van der Waals surface area (Å²) in [4.78, 5) is 34.8. The van der Waals surface area contributed by atoms with Gasteiger partial charge in [-0.25, -0.2) is 14.8 Å². The minimum Gasteiger partial charge on any atom is -0.461 e. The summed E-state index contributed by atoms with van der Waals surface area (Å²) in [6.45, 7) is 3.93. The summed E-state index contributed by atoms with van der Waals surface area (Å²) in [5.74, 6) is -0.170. The van der Waals surface area contributed by atoms with Crippen molar-refractivity contribution >= 4 is 23.2 Å². The minimum atomic E-state index is -0.514. The van der Waals surface area contributed by atoms with Gasteiger partial charge in [-0.3, -0.25) is 4.79 Å². The number of esters is 1. The van der Waals surface area contributed by atoms with Crippen molar-refractivity contribution in [2.45, 2.75) is 26.3 Å². The lowest BCUT2D eigenvalue weighted by Gasteiger charge is -2.13. The molecule has 2 rings (SSSR count). The second kappa shape index (κ2) is 6.98. The number of aromatic nitrogens is 3. The second-order valence-electron chi connectivity index (χ2n) is 4.17. The molecule has 2 aromatic rings. The molecule has 0 bridgehead atoms. The van der Waals surface area contributed by atoms with Gasteiger partial charge in [0.2, 0.25) is 5.01 Å². The van der Waals surface area contributed by atoms with E-state index < -0.39 is 5.97 Å². The molecule has 2 N–H and O–H groups in total. The van der Waals surface area contributed by atoms with E-state index in [0.717, 1.165) is 11.3 Å². The van der Waals surface area contributed by atoms with Crippen molar-refractivity contribution in [1.29, 1.82) is 0 Å². The van der Waals surface area contributed by atoms with E-state index in [9.17, 15) is 9.59 Å². The Labute approximate surface area is 125 Å². The lowest BCUT2D eigenvalue weighted by molar-refractivity contribution is 0.0526. The summed E-state index contributed by atoms with van der Waals surface area (Å²) >= 11 is 1.09. The molecule has 2 aromatic heterocycles. The van der Waals surface area contributed by atoms with Crippen LogP contribution in [0.1, 0.15) is 52.4 Å². The largest absolute Gasteiger partial charge is 0.461 e. The average Bonchev–Trinajstić information content (AvgIpc) is 3.15. The number of hydrogen-bond acceptors (Lipinski definition) is 6. The van der Waals surface area contributed by atoms with Gasteiger partial charge < -0.3 is 15.0 Å². The van der Waals surface area contributed by atoms with E-state index >= 15 is 0 Å². The van der Waals surface area contributed by atoms with Crippen LogP contribution in [-0.2, 0) is 4.74 Å². The number of H-pyrrole nitrogens is 1. The van der Waals surface area contributed by atoms with Crippen LogP contribution in [0.5, 0.6) is 0 Å². The Hall–Kier alpha value is -2.22. The predicted octanol–water partition coefficient (Wildman–Crippen LogP) is 1.92. The molecule has 0 spiro atoms. The Morgan fingerprint density at radius 1 is 1.48 bits per heavy atom. The van der Waals surface area contributed by atoms with Gasteiger partial charge in [0.05, 0.1) is 12.6 Å². The molecule has 0 aliphatic rings. The van der Waals surface area contributed by atoms with E-state index in [0.29, 0.717) is 12.2 Å². The highest BCUT2D eigenvalue weighted by Gasteiger charge is 2.20. The molecular weight excluding hydrogens is 292 g/mol. The van der Waals surface area contributed by atoms with Gasteiger partial charge in [-0.2, -0.15) is 0 Å². The number of thiazole rings is 1. The maximum Gasteiger partial charge on any atom is 0.367 e. The first kappa shape index (κ1) is 15.2. The van der Waals surface area contributed by atoms with E-state index in [2.05, 4.69) is 20.3 Å². The van der Waals surface area contributed by atoms with Gasteiger partial charge in [0.15, 0.2) is 0 Å². The minimum absolute atomic E-state index is 0.174. The third kappa shape index (κ3) is 3.66. The van der Waals surface area contributed by atoms with Crippen molar-refractivity contribution in [3.63, 3.8) is 0 Å². The molecule has 2 heterocycles. The first-order valence-electron chi connectivity index (χ1n) is 6.58. The number of nitrogens with zero attached hydrogens (tertiary/aromatic N) is 2. The van der Waals surface area contributed by atoms with Gasteiger partial charge in [-0.1, -0.05) is 6.92 Å². The third-order valence-electron chi connectivity index (χ3n) is 2.75. The van der Waals surface area contributed by atoms with Crippen molar-refractivity contribution in [3.05, 3.63) is 34.3 Å². The van der Waals surface area contributed by atoms with E-state index in [4.69, 9.17) is 4.74 Å². The number of rotatable bonds is 6. The number of hydrogen-bond donors (Lipinski definition) is 2. The number of ether oxygens (including phenoxy) is 1. The Bertz CT molecular complexity index is 609. The first-order chi connectivity index (χ1) is 10.2. The fourth-order valence-corrected chi connectivity index (χ4v) is 2.42. The summed E-state index contributed by atoms with van der Waals surface area (Å²) in [7, 11) is 0. The Balaban J connectivity index is 2.05. The SMILES string of the molecule is CCOC(=O)c1nc(C(=O)NC(CC)c2ncc[nH]2)cs1. The highest BCUT2D eigenvalue weighted by molar-refractivity contribution is 7.11. The van der Waals surface area contributed by atoms with Gasteiger partial charge in [0.25, 0.3) is 5.91 Å². The standard InChI is InChI=1S/C13H16N4O3S/c1-3-8(10-14-5-6-15-10)16-11(18)9-7-21-12(17-9)13(19)20-4-2/h5-8H,3-4H2,1-2H3,(H,14,15)(H,16,18). The van der Waals surface area contributed by atoms with Crippen molar-refractivity contribution in [3.8, 4) is 0 Å². The molecular formula is C13H16N4O3S. The third-order valence-corrected chi connectivity index (χ3v) is 3.57. The summed E-state index contributed by atoms with van der Waals surface area (Å²) in [5.41, 5.74) is 0.202. The van der Waals surface area contributed by atoms with Crippen molar-refractivity contribution in [2.75, 3.05) is 6.61 Å². The fraction of sp³-hybridized carbons (Fsp3) is 0.385. The molecule has 8 heteroatoms. The maximum absolute atomic E-state index is 12.1. The Morgan fingerprint density at radius 2 is 2.29 bits per heavy atom. The van der Waals surface area contributed by atoms with Gasteiger partial charge >= 0.3 is 5.97 Å². The predicted molar refractivity (Wildman–Crippen MR) is 77.2 cm³/mol. The molecule has 0 saturated heterocycles. The van der Waals surface area contributed by atoms with Crippen LogP contribution in [0.15, 0.2) is 17.8 Å². The number of nitrogens with one attached hydrogen (secondary N) is 2. The van der Waals surface area contributed by atoms with Gasteiger partial charge in [0.1, 0.15) is 11.5 Å². The van der Waals surface area contributed by atoms with Crippen LogP contribution < -0.4 is 5.32 Å². The van der Waals surface area contributed by atoms with Crippen LogP contribution in [0.25, 0.3) is 0 Å². The zero-order valence-electron chi connectivity index (χ0n) is 11.8. The molecule has 1 atom stereocenters. The van der Waals surface area contributed by atoms with Gasteiger partial charge in [-0.05, 0) is 13.3 Å². The summed E-state index contributed by atoms with van der Waals surface area (Å²) in [6.07, 6.45) is 4.02. The molecule has 21 heavy (non-hydrogen) atoms. The van der Waals surface area contributed by atoms with Crippen LogP contribution in [-0.4, -0.2) is 33.4 Å². The average molecular weight is 308 g/mol. The first-order valence-corrected chi connectivity index (χ1v) is 7.46. The monoisotopic (exact) mass is 308 g/mol. The fourth-order valence-electron chi connectivity index (χ4n) is 1.73. The van der Waals surface area contributed by atoms with Crippen molar-refractivity contribution < 1.29 is 14.3 Å². The van der Waals surface area contributed by atoms with Crippen molar-refractivity contribution in [1.82, 2.24) is 20.3 Å². The highest BCUT2D eigenvalue weighted by Crippen LogP contribution is 2.15. The number of carbonyl (C=O) groups is 2. The number of imidazole rings is 1. The van der Waals surface area contributed by atoms with Gasteiger partial charge in [-0.15, -0.1) is 11.3 Å². The molecule has 0 aromatic carbocycles. The topological polar surface area (TPSA) is 97.0 Å². The maximum atomic E-state index is 12.1. The highest BCUT2D eigenvalue weighted by atomic mass is 32.1. The zero-order chi connectivity index (χ0) is 15.2. The molecule has 7 nitrogen and oxygen atoms in total. The summed E-state index contributed by atoms with van der Waals surface area (Å²) < 4.78 is 4.84. The number of carbonyl (C=O) groups excluding carboxylic acids is 2. The van der Waals surface area contributed by atoms with Crippen LogP contribution in [0, 0.1) is 0 Å². The molecule has 0 saturated carbocycles. The second-order valence-corrected chi connectivity index (χ2v) is 5.03. The molecule has 0 radical (unpaired) electrons. The molecule has 1 amide bonds. The summed E-state index contributed by atoms with van der Waals surface area (Å²) in [5, 5.41) is 4.54. The smallest absolute Gasteiger partial charge is 0.367 e. The Morgan fingerprint density at radius 3 is 2.90 bits per heavy atom. The van der Waals surface area contributed by atoms with Crippen LogP contribution >= 0.6 is 11.3 Å². The normalized spacial score (nSPS) is 11.9.